The molecule has 2 N–H and O–H groups in total. The number of imidazole rings is 1. The summed E-state index contributed by atoms with van der Waals surface area (Å²) < 4.78 is 2.29. The van der Waals surface area contributed by atoms with Crippen LogP contribution in [0.3, 0.4) is 0 Å². The molecular weight excluding hydrogens is 314 g/mol. The van der Waals surface area contributed by atoms with Gasteiger partial charge in [0.25, 0.3) is 5.91 Å². The van der Waals surface area contributed by atoms with Crippen LogP contribution >= 0.6 is 0 Å². The fraction of sp³-hybridized carbons (Fsp3) is 0.500. The van der Waals surface area contributed by atoms with Crippen molar-refractivity contribution < 1.29 is 9.90 Å². The molecule has 1 fully saturated rings. The molecule has 1 aliphatic heterocycles. The smallest absolute Gasteiger partial charge is 0.256 e. The monoisotopic (exact) mass is 339 g/mol. The van der Waals surface area contributed by atoms with Crippen LogP contribution < -0.4 is 5.32 Å². The van der Waals surface area contributed by atoms with Crippen molar-refractivity contribution in [1.29, 1.82) is 0 Å². The second kappa shape index (κ2) is 6.64. The molecule has 1 aliphatic carbocycles. The van der Waals surface area contributed by atoms with E-state index in [9.17, 15) is 9.90 Å². The number of carbonyl (C=O) groups is 1. The first-order valence-electron chi connectivity index (χ1n) is 9.34. The number of carbonyl (C=O) groups excluding carboxylic acids is 1. The molecule has 2 aromatic rings. The topological polar surface area (TPSA) is 67.2 Å². The number of hydrogen-bond donors (Lipinski definition) is 2. The van der Waals surface area contributed by atoms with Gasteiger partial charge < -0.3 is 15.0 Å². The first kappa shape index (κ1) is 16.3. The Morgan fingerprint density at radius 2 is 1.84 bits per heavy atom. The van der Waals surface area contributed by atoms with Gasteiger partial charge in [0, 0.05) is 29.7 Å². The molecule has 0 radical (unpaired) electrons. The van der Waals surface area contributed by atoms with Gasteiger partial charge in [0.15, 0.2) is 0 Å². The molecule has 1 aromatic carbocycles. The number of anilines is 1. The third-order valence-electron chi connectivity index (χ3n) is 5.51. The van der Waals surface area contributed by atoms with E-state index >= 15 is 0 Å². The lowest BCUT2D eigenvalue weighted by atomic mass is 9.84. The Bertz CT molecular complexity index is 758. The van der Waals surface area contributed by atoms with Crippen LogP contribution in [-0.4, -0.2) is 26.2 Å². The largest absolute Gasteiger partial charge is 0.380 e. The Kier molecular flexibility index (Phi) is 4.34. The highest BCUT2D eigenvalue weighted by atomic mass is 16.3. The van der Waals surface area contributed by atoms with Crippen LogP contribution in [0.1, 0.15) is 50.6 Å². The number of nitrogens with one attached hydrogen (secondary N) is 1. The maximum atomic E-state index is 12.4. The molecule has 5 heteroatoms. The number of aliphatic hydroxyl groups is 1. The predicted molar refractivity (Wildman–Crippen MR) is 97.3 cm³/mol. The normalized spacial score (nSPS) is 19.2. The fourth-order valence-electron chi connectivity index (χ4n) is 3.98. The second-order valence-corrected chi connectivity index (χ2v) is 7.31. The Hall–Kier alpha value is -2.14. The number of hydrogen-bond acceptors (Lipinski definition) is 3. The predicted octanol–water partition coefficient (Wildman–Crippen LogP) is 3.52. The summed E-state index contributed by atoms with van der Waals surface area (Å²) in [6.07, 6.45) is 9.53. The summed E-state index contributed by atoms with van der Waals surface area (Å²) in [5.74, 6) is 0.719. The summed E-state index contributed by atoms with van der Waals surface area (Å²) in [4.78, 5) is 17.0. The minimum atomic E-state index is -1.21. The molecule has 0 spiro atoms. The molecule has 0 bridgehead atoms. The summed E-state index contributed by atoms with van der Waals surface area (Å²) in [6.45, 7) is 1.02. The van der Waals surface area contributed by atoms with Crippen LogP contribution in [0, 0.1) is 0 Å². The van der Waals surface area contributed by atoms with Gasteiger partial charge in [-0.15, -0.1) is 0 Å². The molecule has 25 heavy (non-hydrogen) atoms. The van der Waals surface area contributed by atoms with Gasteiger partial charge in [-0.05, 0) is 56.4 Å². The van der Waals surface area contributed by atoms with Crippen molar-refractivity contribution in [3.63, 3.8) is 0 Å². The quantitative estimate of drug-likeness (QED) is 0.899. The van der Waals surface area contributed by atoms with Crippen molar-refractivity contribution in [2.24, 2.45) is 0 Å². The van der Waals surface area contributed by atoms with Crippen molar-refractivity contribution in [3.05, 3.63) is 36.2 Å². The molecule has 1 saturated carbocycles. The first-order chi connectivity index (χ1) is 12.2. The molecule has 0 unspecified atom stereocenters. The Morgan fingerprint density at radius 1 is 1.08 bits per heavy atom. The third-order valence-corrected chi connectivity index (χ3v) is 5.51. The van der Waals surface area contributed by atoms with Crippen LogP contribution in [0.15, 0.2) is 30.5 Å². The number of rotatable bonds is 3. The van der Waals surface area contributed by atoms with Crippen LogP contribution in [-0.2, 0) is 17.8 Å². The Morgan fingerprint density at radius 3 is 2.60 bits per heavy atom. The van der Waals surface area contributed by atoms with E-state index in [1.807, 2.05) is 30.5 Å². The zero-order chi connectivity index (χ0) is 17.3. The number of fused-ring (bicyclic) bond motifs is 1. The number of amides is 1. The van der Waals surface area contributed by atoms with Gasteiger partial charge in [-0.25, -0.2) is 4.98 Å². The van der Waals surface area contributed by atoms with Crippen LogP contribution in [0.4, 0.5) is 5.69 Å². The minimum absolute atomic E-state index is 0.279. The molecule has 1 amide bonds. The second-order valence-electron chi connectivity index (χ2n) is 7.31. The van der Waals surface area contributed by atoms with Gasteiger partial charge in [0.1, 0.15) is 11.4 Å². The maximum absolute atomic E-state index is 12.4. The average Bonchev–Trinajstić information content (AvgIpc) is 3.07. The molecule has 0 saturated heterocycles. The van der Waals surface area contributed by atoms with Gasteiger partial charge in [-0.3, -0.25) is 4.79 Å². The third kappa shape index (κ3) is 3.21. The van der Waals surface area contributed by atoms with E-state index < -0.39 is 5.60 Å². The Balaban J connectivity index is 1.49. The van der Waals surface area contributed by atoms with Crippen LogP contribution in [0.2, 0.25) is 0 Å². The molecule has 5 nitrogen and oxygen atoms in total. The van der Waals surface area contributed by atoms with E-state index in [0.29, 0.717) is 12.8 Å². The van der Waals surface area contributed by atoms with Gasteiger partial charge in [-0.2, -0.15) is 0 Å². The van der Waals surface area contributed by atoms with Crippen LogP contribution in [0.5, 0.6) is 0 Å². The van der Waals surface area contributed by atoms with E-state index in [0.717, 1.165) is 49.3 Å². The maximum Gasteiger partial charge on any atom is 0.256 e. The lowest BCUT2D eigenvalue weighted by Gasteiger charge is -2.30. The Labute approximate surface area is 148 Å². The molecule has 0 atom stereocenters. The zero-order valence-electron chi connectivity index (χ0n) is 14.5. The highest BCUT2D eigenvalue weighted by molar-refractivity contribution is 5.97. The van der Waals surface area contributed by atoms with E-state index in [1.54, 1.807) is 0 Å². The van der Waals surface area contributed by atoms with Gasteiger partial charge in [0.05, 0.1) is 0 Å². The van der Waals surface area contributed by atoms with Crippen molar-refractivity contribution >= 4 is 11.6 Å². The number of aromatic nitrogens is 2. The first-order valence-corrected chi connectivity index (χ1v) is 9.34. The van der Waals surface area contributed by atoms with Crippen molar-refractivity contribution in [1.82, 2.24) is 9.55 Å². The van der Waals surface area contributed by atoms with Crippen molar-refractivity contribution in [2.75, 3.05) is 5.32 Å². The highest BCUT2D eigenvalue weighted by Gasteiger charge is 2.37. The summed E-state index contributed by atoms with van der Waals surface area (Å²) in [6, 6.07) is 7.77. The van der Waals surface area contributed by atoms with E-state index in [2.05, 4.69) is 14.9 Å². The standard InChI is InChI=1S/C20H25N3O2/c24-19(20(25)11-3-1-4-12-20)22-16-9-7-15(8-10-16)18-21-14-17-6-2-5-13-23(17)18/h7-10,14,25H,1-6,11-13H2,(H,22,24). The number of aryl methyl sites for hydroxylation is 1. The lowest BCUT2D eigenvalue weighted by molar-refractivity contribution is -0.137. The number of nitrogens with zero attached hydrogens (tertiary/aromatic N) is 2. The fourth-order valence-corrected chi connectivity index (χ4v) is 3.98. The average molecular weight is 339 g/mol. The van der Waals surface area contributed by atoms with Gasteiger partial charge in [-0.1, -0.05) is 19.3 Å². The SMILES string of the molecule is O=C(Nc1ccc(-c2ncc3n2CCCC3)cc1)C1(O)CCCCC1. The van der Waals surface area contributed by atoms with E-state index in [1.165, 1.54) is 18.5 Å². The minimum Gasteiger partial charge on any atom is -0.380 e. The van der Waals surface area contributed by atoms with Gasteiger partial charge >= 0.3 is 0 Å². The summed E-state index contributed by atoms with van der Waals surface area (Å²) in [5, 5.41) is 13.4. The molecule has 2 aliphatic rings. The molecule has 4 rings (SSSR count). The van der Waals surface area contributed by atoms with Gasteiger partial charge in [0.2, 0.25) is 0 Å². The van der Waals surface area contributed by atoms with E-state index in [4.69, 9.17) is 0 Å². The highest BCUT2D eigenvalue weighted by Crippen LogP contribution is 2.30. The summed E-state index contributed by atoms with van der Waals surface area (Å²) >= 11 is 0. The van der Waals surface area contributed by atoms with Crippen molar-refractivity contribution in [2.45, 2.75) is 63.5 Å². The summed E-state index contributed by atoms with van der Waals surface area (Å²) in [5.41, 5.74) is 1.87. The van der Waals surface area contributed by atoms with Crippen molar-refractivity contribution in [3.8, 4) is 11.4 Å². The number of benzene rings is 1. The van der Waals surface area contributed by atoms with E-state index in [-0.39, 0.29) is 5.91 Å². The lowest BCUT2D eigenvalue weighted by Crippen LogP contribution is -2.44. The molecule has 2 heterocycles. The summed E-state index contributed by atoms with van der Waals surface area (Å²) in [7, 11) is 0. The molecular formula is C20H25N3O2. The molecule has 132 valence electrons. The van der Waals surface area contributed by atoms with Crippen LogP contribution in [0.25, 0.3) is 11.4 Å². The molecule has 1 aromatic heterocycles. The zero-order valence-corrected chi connectivity index (χ0v) is 14.5.